The highest BCUT2D eigenvalue weighted by molar-refractivity contribution is 6.21. The number of hydrogen-bond acceptors (Lipinski definition) is 4. The highest BCUT2D eigenvalue weighted by Gasteiger charge is 2.34. The lowest BCUT2D eigenvalue weighted by molar-refractivity contribution is -0.123. The lowest BCUT2D eigenvalue weighted by atomic mass is 10.1. The molecule has 0 radical (unpaired) electrons. The van der Waals surface area contributed by atoms with Gasteiger partial charge >= 0.3 is 0 Å². The summed E-state index contributed by atoms with van der Waals surface area (Å²) >= 11 is 0. The number of imide groups is 1. The van der Waals surface area contributed by atoms with Crippen LogP contribution in [0, 0.1) is 5.92 Å². The summed E-state index contributed by atoms with van der Waals surface area (Å²) in [5.41, 5.74) is 0.751. The van der Waals surface area contributed by atoms with Gasteiger partial charge in [-0.3, -0.25) is 24.1 Å². The van der Waals surface area contributed by atoms with Crippen molar-refractivity contribution in [3.05, 3.63) is 35.4 Å². The normalized spacial score (nSPS) is 13.2. The SMILES string of the molecule is CC(C)CC(=O)NCCNC(=O)CCN1C(=O)c2ccccc2C1=O. The van der Waals surface area contributed by atoms with E-state index in [-0.39, 0.29) is 42.5 Å². The van der Waals surface area contributed by atoms with Crippen molar-refractivity contribution in [1.29, 1.82) is 0 Å². The van der Waals surface area contributed by atoms with Crippen molar-refractivity contribution < 1.29 is 19.2 Å². The minimum Gasteiger partial charge on any atom is -0.354 e. The number of nitrogens with one attached hydrogen (secondary N) is 2. The van der Waals surface area contributed by atoms with Gasteiger partial charge in [0.2, 0.25) is 11.8 Å². The summed E-state index contributed by atoms with van der Waals surface area (Å²) < 4.78 is 0. The van der Waals surface area contributed by atoms with Crippen LogP contribution in [0.4, 0.5) is 0 Å². The molecule has 1 aliphatic heterocycles. The second-order valence-electron chi connectivity index (χ2n) is 6.36. The fraction of sp³-hybridized carbons (Fsp3) is 0.444. The molecule has 4 amide bonds. The largest absolute Gasteiger partial charge is 0.354 e. The van der Waals surface area contributed by atoms with Crippen LogP contribution in [0.25, 0.3) is 0 Å². The molecule has 2 N–H and O–H groups in total. The van der Waals surface area contributed by atoms with Gasteiger partial charge in [-0.15, -0.1) is 0 Å². The molecule has 0 unspecified atom stereocenters. The van der Waals surface area contributed by atoms with Crippen molar-refractivity contribution in [2.45, 2.75) is 26.7 Å². The third kappa shape index (κ3) is 4.89. The third-order valence-corrected chi connectivity index (χ3v) is 3.80. The lowest BCUT2D eigenvalue weighted by Crippen LogP contribution is -2.37. The van der Waals surface area contributed by atoms with Crippen molar-refractivity contribution in [1.82, 2.24) is 15.5 Å². The molecule has 0 aromatic heterocycles. The number of fused-ring (bicyclic) bond motifs is 1. The van der Waals surface area contributed by atoms with Gasteiger partial charge in [-0.25, -0.2) is 0 Å². The highest BCUT2D eigenvalue weighted by atomic mass is 16.2. The van der Waals surface area contributed by atoms with Crippen molar-refractivity contribution in [3.63, 3.8) is 0 Å². The molecule has 1 heterocycles. The van der Waals surface area contributed by atoms with Crippen LogP contribution >= 0.6 is 0 Å². The predicted octanol–water partition coefficient (Wildman–Crippen LogP) is 0.951. The quantitative estimate of drug-likeness (QED) is 0.542. The molecule has 0 saturated carbocycles. The van der Waals surface area contributed by atoms with Gasteiger partial charge in [-0.1, -0.05) is 26.0 Å². The van der Waals surface area contributed by atoms with E-state index in [2.05, 4.69) is 10.6 Å². The molecule has 1 aliphatic rings. The number of carbonyl (C=O) groups is 4. The Morgan fingerprint density at radius 3 is 2.00 bits per heavy atom. The fourth-order valence-corrected chi connectivity index (χ4v) is 2.59. The van der Waals surface area contributed by atoms with Crippen LogP contribution in [0.5, 0.6) is 0 Å². The fourth-order valence-electron chi connectivity index (χ4n) is 2.59. The summed E-state index contributed by atoms with van der Waals surface area (Å²) in [6.07, 6.45) is 0.485. The molecule has 0 spiro atoms. The second kappa shape index (κ2) is 8.41. The van der Waals surface area contributed by atoms with Crippen molar-refractivity contribution >= 4 is 23.6 Å². The van der Waals surface area contributed by atoms with E-state index in [1.165, 1.54) is 0 Å². The number of rotatable bonds is 8. The van der Waals surface area contributed by atoms with Crippen LogP contribution in [0.2, 0.25) is 0 Å². The van der Waals surface area contributed by atoms with Crippen LogP contribution in [0.15, 0.2) is 24.3 Å². The molecule has 0 atom stereocenters. The Balaban J connectivity index is 1.70. The zero-order chi connectivity index (χ0) is 18.4. The maximum Gasteiger partial charge on any atom is 0.261 e. The van der Waals surface area contributed by atoms with Crippen LogP contribution in [-0.2, 0) is 9.59 Å². The zero-order valence-electron chi connectivity index (χ0n) is 14.5. The predicted molar refractivity (Wildman–Crippen MR) is 91.9 cm³/mol. The van der Waals surface area contributed by atoms with Gasteiger partial charge in [0.05, 0.1) is 11.1 Å². The first-order chi connectivity index (χ1) is 11.9. The van der Waals surface area contributed by atoms with E-state index in [4.69, 9.17) is 0 Å². The molecule has 0 fully saturated rings. The van der Waals surface area contributed by atoms with E-state index < -0.39 is 0 Å². The molecule has 1 aromatic carbocycles. The van der Waals surface area contributed by atoms with E-state index >= 15 is 0 Å². The lowest BCUT2D eigenvalue weighted by Gasteiger charge is -2.13. The maximum atomic E-state index is 12.2. The molecular formula is C18H23N3O4. The van der Waals surface area contributed by atoms with Crippen molar-refractivity contribution in [2.75, 3.05) is 19.6 Å². The molecule has 2 rings (SSSR count). The summed E-state index contributed by atoms with van der Waals surface area (Å²) in [6.45, 7) is 4.62. The first-order valence-corrected chi connectivity index (χ1v) is 8.38. The highest BCUT2D eigenvalue weighted by Crippen LogP contribution is 2.22. The Morgan fingerprint density at radius 2 is 1.48 bits per heavy atom. The average Bonchev–Trinajstić information content (AvgIpc) is 2.81. The summed E-state index contributed by atoms with van der Waals surface area (Å²) in [5.74, 6) is -0.761. The average molecular weight is 345 g/mol. The Hall–Kier alpha value is -2.70. The topological polar surface area (TPSA) is 95.6 Å². The zero-order valence-corrected chi connectivity index (χ0v) is 14.5. The summed E-state index contributed by atoms with van der Waals surface area (Å²) in [5, 5.41) is 5.38. The molecule has 7 nitrogen and oxygen atoms in total. The maximum absolute atomic E-state index is 12.2. The molecule has 7 heteroatoms. The number of hydrogen-bond donors (Lipinski definition) is 2. The Bertz CT molecular complexity index is 650. The van der Waals surface area contributed by atoms with E-state index in [1.807, 2.05) is 13.8 Å². The van der Waals surface area contributed by atoms with Crippen LogP contribution in [-0.4, -0.2) is 48.2 Å². The standard InChI is InChI=1S/C18H23N3O4/c1-12(2)11-16(23)20-9-8-19-15(22)7-10-21-17(24)13-5-3-4-6-14(13)18(21)25/h3-6,12H,7-11H2,1-2H3,(H,19,22)(H,20,23). The number of nitrogens with zero attached hydrogens (tertiary/aromatic N) is 1. The Morgan fingerprint density at radius 1 is 0.960 bits per heavy atom. The van der Waals surface area contributed by atoms with E-state index in [0.29, 0.717) is 30.6 Å². The van der Waals surface area contributed by atoms with Gasteiger partial charge in [0.25, 0.3) is 11.8 Å². The van der Waals surface area contributed by atoms with Gasteiger partial charge in [-0.05, 0) is 18.1 Å². The van der Waals surface area contributed by atoms with E-state index in [9.17, 15) is 19.2 Å². The molecular weight excluding hydrogens is 322 g/mol. The number of benzene rings is 1. The van der Waals surface area contributed by atoms with E-state index in [1.54, 1.807) is 24.3 Å². The molecule has 0 bridgehead atoms. The minimum absolute atomic E-state index is 0.0331. The summed E-state index contributed by atoms with van der Waals surface area (Å²) in [4.78, 5) is 48.7. The Labute approximate surface area is 146 Å². The van der Waals surface area contributed by atoms with Gasteiger partial charge in [0, 0.05) is 32.5 Å². The molecule has 1 aromatic rings. The number of carbonyl (C=O) groups excluding carboxylic acids is 4. The Kier molecular flexibility index (Phi) is 6.27. The molecule has 25 heavy (non-hydrogen) atoms. The minimum atomic E-state index is -0.366. The van der Waals surface area contributed by atoms with Gasteiger partial charge in [0.15, 0.2) is 0 Å². The van der Waals surface area contributed by atoms with Crippen molar-refractivity contribution in [2.24, 2.45) is 5.92 Å². The van der Waals surface area contributed by atoms with Crippen LogP contribution in [0.3, 0.4) is 0 Å². The van der Waals surface area contributed by atoms with Crippen molar-refractivity contribution in [3.8, 4) is 0 Å². The van der Waals surface area contributed by atoms with Gasteiger partial charge in [-0.2, -0.15) is 0 Å². The summed E-state index contributed by atoms with van der Waals surface area (Å²) in [6, 6.07) is 6.62. The van der Waals surface area contributed by atoms with Crippen LogP contribution < -0.4 is 10.6 Å². The summed E-state index contributed by atoms with van der Waals surface area (Å²) in [7, 11) is 0. The number of amides is 4. The third-order valence-electron chi connectivity index (χ3n) is 3.80. The molecule has 134 valence electrons. The molecule has 0 saturated heterocycles. The van der Waals surface area contributed by atoms with E-state index in [0.717, 1.165) is 4.90 Å². The monoisotopic (exact) mass is 345 g/mol. The molecule has 0 aliphatic carbocycles. The smallest absolute Gasteiger partial charge is 0.261 e. The van der Waals surface area contributed by atoms with Gasteiger partial charge < -0.3 is 10.6 Å². The second-order valence-corrected chi connectivity index (χ2v) is 6.36. The first kappa shape index (κ1) is 18.6. The van der Waals surface area contributed by atoms with Crippen LogP contribution in [0.1, 0.15) is 47.4 Å². The first-order valence-electron chi connectivity index (χ1n) is 8.38. The van der Waals surface area contributed by atoms with Gasteiger partial charge in [0.1, 0.15) is 0 Å².